The van der Waals surface area contributed by atoms with Gasteiger partial charge in [0.25, 0.3) is 0 Å². The first-order valence-corrected chi connectivity index (χ1v) is 7.09. The van der Waals surface area contributed by atoms with Gasteiger partial charge in [-0.3, -0.25) is 10.1 Å². The Kier molecular flexibility index (Phi) is 5.71. The van der Waals surface area contributed by atoms with E-state index in [-0.39, 0.29) is 18.8 Å². The van der Waals surface area contributed by atoms with E-state index in [1.54, 1.807) is 12.1 Å². The van der Waals surface area contributed by atoms with Gasteiger partial charge in [-0.05, 0) is 29.7 Å². The van der Waals surface area contributed by atoms with Crippen molar-refractivity contribution in [2.75, 3.05) is 0 Å². The number of aromatic hydroxyl groups is 1. The van der Waals surface area contributed by atoms with Crippen LogP contribution in [0.25, 0.3) is 0 Å². The average molecular weight is 314 g/mol. The number of phenols is 1. The van der Waals surface area contributed by atoms with Crippen LogP contribution in [0.5, 0.6) is 5.75 Å². The smallest absolute Gasteiger partial charge is 0.414 e. The van der Waals surface area contributed by atoms with Crippen molar-refractivity contribution in [3.8, 4) is 5.75 Å². The van der Waals surface area contributed by atoms with Crippen molar-refractivity contribution >= 4 is 12.0 Å². The molecule has 2 aromatic carbocycles. The van der Waals surface area contributed by atoms with Gasteiger partial charge in [0.05, 0.1) is 6.04 Å². The molecule has 0 spiro atoms. The van der Waals surface area contributed by atoms with E-state index in [0.29, 0.717) is 0 Å². The third-order valence-corrected chi connectivity index (χ3v) is 3.17. The Morgan fingerprint density at radius 2 is 1.70 bits per heavy atom. The monoisotopic (exact) mass is 314 g/mol. The maximum Gasteiger partial charge on any atom is 0.414 e. The third kappa shape index (κ3) is 5.44. The highest BCUT2D eigenvalue weighted by Gasteiger charge is 2.17. The van der Waals surface area contributed by atoms with Crippen LogP contribution in [0.3, 0.4) is 0 Å². The number of hydrogen-bond acceptors (Lipinski definition) is 5. The standard InChI is InChI=1S/C17H18N2O4/c18-15(10-12-6-8-14(20)9-7-12)16(21)19-17(22)23-11-13-4-2-1-3-5-13/h1-9,15,20H,10-11,18H2,(H,19,21,22)/t15-/m0/s1. The van der Waals surface area contributed by atoms with Gasteiger partial charge in [-0.1, -0.05) is 42.5 Å². The number of carbonyl (C=O) groups is 2. The molecular weight excluding hydrogens is 296 g/mol. The molecule has 0 aliphatic rings. The lowest BCUT2D eigenvalue weighted by molar-refractivity contribution is -0.121. The van der Waals surface area contributed by atoms with Crippen LogP contribution < -0.4 is 11.1 Å². The van der Waals surface area contributed by atoms with Crippen LogP contribution in [0.2, 0.25) is 0 Å². The fourth-order valence-corrected chi connectivity index (χ4v) is 1.93. The summed E-state index contributed by atoms with van der Waals surface area (Å²) in [5.41, 5.74) is 7.36. The average Bonchev–Trinajstić information content (AvgIpc) is 2.56. The number of phenolic OH excluding ortho intramolecular Hbond substituents is 1. The van der Waals surface area contributed by atoms with Crippen LogP contribution >= 0.6 is 0 Å². The fraction of sp³-hybridized carbons (Fsp3) is 0.176. The molecule has 120 valence electrons. The van der Waals surface area contributed by atoms with Crippen molar-refractivity contribution in [3.05, 3.63) is 65.7 Å². The molecule has 0 aromatic heterocycles. The minimum atomic E-state index is -0.885. The zero-order valence-electron chi connectivity index (χ0n) is 12.4. The van der Waals surface area contributed by atoms with E-state index in [2.05, 4.69) is 5.32 Å². The number of hydrogen-bond donors (Lipinski definition) is 3. The third-order valence-electron chi connectivity index (χ3n) is 3.17. The Bertz CT molecular complexity index is 656. The molecule has 0 aliphatic heterocycles. The summed E-state index contributed by atoms with van der Waals surface area (Å²) in [6, 6.07) is 14.6. The van der Waals surface area contributed by atoms with Crippen molar-refractivity contribution in [3.63, 3.8) is 0 Å². The van der Waals surface area contributed by atoms with E-state index in [1.165, 1.54) is 12.1 Å². The first-order valence-electron chi connectivity index (χ1n) is 7.09. The molecule has 0 aliphatic carbocycles. The number of carbonyl (C=O) groups excluding carboxylic acids is 2. The first kappa shape index (κ1) is 16.5. The van der Waals surface area contributed by atoms with Crippen molar-refractivity contribution < 1.29 is 19.4 Å². The van der Waals surface area contributed by atoms with Crippen molar-refractivity contribution in [2.24, 2.45) is 5.73 Å². The van der Waals surface area contributed by atoms with Crippen molar-refractivity contribution in [1.29, 1.82) is 0 Å². The summed E-state index contributed by atoms with van der Waals surface area (Å²) in [7, 11) is 0. The predicted molar refractivity (Wildman–Crippen MR) is 84.6 cm³/mol. The topological polar surface area (TPSA) is 102 Å². The molecule has 6 nitrogen and oxygen atoms in total. The van der Waals surface area contributed by atoms with Crippen molar-refractivity contribution in [2.45, 2.75) is 19.1 Å². The fourth-order valence-electron chi connectivity index (χ4n) is 1.93. The van der Waals surface area contributed by atoms with Gasteiger partial charge < -0.3 is 15.6 Å². The Hall–Kier alpha value is -2.86. The highest BCUT2D eigenvalue weighted by atomic mass is 16.5. The molecule has 23 heavy (non-hydrogen) atoms. The van der Waals surface area contributed by atoms with Gasteiger partial charge in [0.15, 0.2) is 0 Å². The minimum Gasteiger partial charge on any atom is -0.508 e. The summed E-state index contributed by atoms with van der Waals surface area (Å²) in [4.78, 5) is 23.4. The molecule has 0 unspecified atom stereocenters. The van der Waals surface area contributed by atoms with Crippen LogP contribution in [0.15, 0.2) is 54.6 Å². The molecule has 4 N–H and O–H groups in total. The van der Waals surface area contributed by atoms with E-state index in [1.807, 2.05) is 30.3 Å². The van der Waals surface area contributed by atoms with E-state index in [9.17, 15) is 14.7 Å². The maximum atomic E-state index is 11.8. The van der Waals surface area contributed by atoms with Crippen LogP contribution in [-0.2, 0) is 22.6 Å². The highest BCUT2D eigenvalue weighted by Crippen LogP contribution is 2.10. The molecule has 2 amide bonds. The molecule has 0 saturated carbocycles. The van der Waals surface area contributed by atoms with Crippen molar-refractivity contribution in [1.82, 2.24) is 5.32 Å². The van der Waals surface area contributed by atoms with Gasteiger partial charge in [-0.25, -0.2) is 4.79 Å². The number of ether oxygens (including phenoxy) is 1. The Balaban J connectivity index is 1.78. The number of nitrogens with two attached hydrogens (primary N) is 1. The summed E-state index contributed by atoms with van der Waals surface area (Å²) in [5, 5.41) is 11.3. The minimum absolute atomic E-state index is 0.0765. The predicted octanol–water partition coefficient (Wildman–Crippen LogP) is 1.71. The quantitative estimate of drug-likeness (QED) is 0.780. The number of imide groups is 1. The number of benzene rings is 2. The lowest BCUT2D eigenvalue weighted by Crippen LogP contribution is -2.44. The Morgan fingerprint density at radius 3 is 2.35 bits per heavy atom. The zero-order valence-corrected chi connectivity index (χ0v) is 12.4. The highest BCUT2D eigenvalue weighted by molar-refractivity contribution is 5.94. The number of rotatable bonds is 5. The Morgan fingerprint density at radius 1 is 1.04 bits per heavy atom. The van der Waals surface area contributed by atoms with E-state index < -0.39 is 18.0 Å². The Labute approximate surface area is 133 Å². The van der Waals surface area contributed by atoms with Gasteiger partial charge in [-0.2, -0.15) is 0 Å². The van der Waals surface area contributed by atoms with Gasteiger partial charge >= 0.3 is 6.09 Å². The number of nitrogens with one attached hydrogen (secondary N) is 1. The molecule has 0 radical (unpaired) electrons. The van der Waals surface area contributed by atoms with Gasteiger partial charge in [0, 0.05) is 0 Å². The molecule has 6 heteroatoms. The van der Waals surface area contributed by atoms with Gasteiger partial charge in [-0.15, -0.1) is 0 Å². The SMILES string of the molecule is N[C@@H](Cc1ccc(O)cc1)C(=O)NC(=O)OCc1ccccc1. The molecule has 0 fully saturated rings. The molecular formula is C17H18N2O4. The van der Waals surface area contributed by atoms with Gasteiger partial charge in [0.2, 0.25) is 5.91 Å². The van der Waals surface area contributed by atoms with E-state index in [4.69, 9.17) is 10.5 Å². The summed E-state index contributed by atoms with van der Waals surface area (Å²) in [6.45, 7) is 0.0765. The molecule has 2 rings (SSSR count). The van der Waals surface area contributed by atoms with Crippen LogP contribution in [0.1, 0.15) is 11.1 Å². The maximum absolute atomic E-state index is 11.8. The van der Waals surface area contributed by atoms with E-state index >= 15 is 0 Å². The summed E-state index contributed by atoms with van der Waals surface area (Å²) in [5.74, 6) is -0.479. The van der Waals surface area contributed by atoms with Gasteiger partial charge in [0.1, 0.15) is 12.4 Å². The normalized spacial score (nSPS) is 11.5. The molecule has 1 atom stereocenters. The summed E-state index contributed by atoms with van der Waals surface area (Å²) >= 11 is 0. The van der Waals surface area contributed by atoms with Crippen LogP contribution in [-0.4, -0.2) is 23.1 Å². The lowest BCUT2D eigenvalue weighted by Gasteiger charge is -2.12. The van der Waals surface area contributed by atoms with Crippen LogP contribution in [0, 0.1) is 0 Å². The molecule has 2 aromatic rings. The molecule has 0 saturated heterocycles. The zero-order chi connectivity index (χ0) is 16.7. The summed E-state index contributed by atoms with van der Waals surface area (Å²) < 4.78 is 4.96. The first-order chi connectivity index (χ1) is 11.0. The second-order valence-corrected chi connectivity index (χ2v) is 5.03. The second kappa shape index (κ2) is 7.95. The lowest BCUT2D eigenvalue weighted by atomic mass is 10.1. The second-order valence-electron chi connectivity index (χ2n) is 5.03. The number of alkyl carbamates (subject to hydrolysis) is 1. The van der Waals surface area contributed by atoms with Crippen LogP contribution in [0.4, 0.5) is 4.79 Å². The van der Waals surface area contributed by atoms with E-state index in [0.717, 1.165) is 11.1 Å². The number of amides is 2. The summed E-state index contributed by atoms with van der Waals surface area (Å²) in [6.07, 6.45) is -0.585. The molecule has 0 bridgehead atoms. The largest absolute Gasteiger partial charge is 0.508 e. The molecule has 0 heterocycles.